The minimum absolute atomic E-state index is 0.142. The monoisotopic (exact) mass is 358 g/mol. The van der Waals surface area contributed by atoms with Gasteiger partial charge in [-0.1, -0.05) is 6.07 Å². The molecule has 0 aromatic heterocycles. The Balaban J connectivity index is 1.48. The van der Waals surface area contributed by atoms with E-state index in [0.29, 0.717) is 31.7 Å². The second-order valence-electron chi connectivity index (χ2n) is 7.89. The van der Waals surface area contributed by atoms with Gasteiger partial charge < -0.3 is 10.1 Å². The molecule has 0 radical (unpaired) electrons. The van der Waals surface area contributed by atoms with Crippen LogP contribution in [-0.4, -0.2) is 48.4 Å². The highest BCUT2D eigenvalue weighted by atomic mass is 16.5. The van der Waals surface area contributed by atoms with Crippen LogP contribution in [0.3, 0.4) is 0 Å². The van der Waals surface area contributed by atoms with Gasteiger partial charge in [0.15, 0.2) is 0 Å². The fourth-order valence-electron chi connectivity index (χ4n) is 4.52. The van der Waals surface area contributed by atoms with Gasteiger partial charge in [0.05, 0.1) is 12.0 Å². The molecule has 1 aromatic carbocycles. The van der Waals surface area contributed by atoms with Crippen LogP contribution in [0.15, 0.2) is 18.2 Å². The number of nitrogens with one attached hydrogen (secondary N) is 1. The van der Waals surface area contributed by atoms with Crippen LogP contribution in [-0.2, 0) is 22.4 Å². The Morgan fingerprint density at radius 3 is 2.81 bits per heavy atom. The molecule has 26 heavy (non-hydrogen) atoms. The van der Waals surface area contributed by atoms with Gasteiger partial charge in [-0.2, -0.15) is 0 Å². The summed E-state index contributed by atoms with van der Waals surface area (Å²) in [7, 11) is 0. The fourth-order valence-corrected chi connectivity index (χ4v) is 4.52. The molecule has 2 fully saturated rings. The summed E-state index contributed by atoms with van der Waals surface area (Å²) in [5.74, 6) is 0.0544. The Kier molecular flexibility index (Phi) is 4.71. The van der Waals surface area contributed by atoms with Gasteiger partial charge in [-0.15, -0.1) is 0 Å². The molecule has 0 saturated carbocycles. The van der Waals surface area contributed by atoms with Crippen LogP contribution < -0.4 is 5.32 Å². The SMILES string of the molecule is O=C(c1ccc2c(c1)C[C@]1(CCNC1=O)CC2)N(O)CC1CCOCC1. The Hall–Kier alpha value is -1.92. The average Bonchev–Trinajstić information content (AvgIpc) is 3.01. The normalized spacial score (nSPS) is 25.8. The molecule has 1 atom stereocenters. The largest absolute Gasteiger partial charge is 0.381 e. The molecule has 0 bridgehead atoms. The van der Waals surface area contributed by atoms with Crippen LogP contribution in [0, 0.1) is 11.3 Å². The second-order valence-corrected chi connectivity index (χ2v) is 7.89. The summed E-state index contributed by atoms with van der Waals surface area (Å²) >= 11 is 0. The summed E-state index contributed by atoms with van der Waals surface area (Å²) in [6, 6.07) is 5.64. The van der Waals surface area contributed by atoms with Gasteiger partial charge in [0.25, 0.3) is 5.91 Å². The van der Waals surface area contributed by atoms with E-state index in [1.54, 1.807) is 6.07 Å². The molecule has 1 aliphatic carbocycles. The number of nitrogens with zero attached hydrogens (tertiary/aromatic N) is 1. The molecule has 2 heterocycles. The lowest BCUT2D eigenvalue weighted by Crippen LogP contribution is -2.37. The average molecular weight is 358 g/mol. The summed E-state index contributed by atoms with van der Waals surface area (Å²) in [5.41, 5.74) is 2.46. The Morgan fingerprint density at radius 1 is 1.27 bits per heavy atom. The third kappa shape index (κ3) is 3.23. The van der Waals surface area contributed by atoms with E-state index in [-0.39, 0.29) is 23.1 Å². The maximum atomic E-state index is 12.6. The third-order valence-electron chi connectivity index (χ3n) is 6.23. The lowest BCUT2D eigenvalue weighted by atomic mass is 9.70. The highest BCUT2D eigenvalue weighted by molar-refractivity contribution is 5.94. The number of ether oxygens (including phenoxy) is 1. The van der Waals surface area contributed by atoms with E-state index in [2.05, 4.69) is 5.32 Å². The second kappa shape index (κ2) is 7.00. The molecule has 2 amide bonds. The smallest absolute Gasteiger partial charge is 0.277 e. The van der Waals surface area contributed by atoms with Gasteiger partial charge in [0, 0.05) is 25.3 Å². The maximum Gasteiger partial charge on any atom is 0.277 e. The highest BCUT2D eigenvalue weighted by Gasteiger charge is 2.44. The van der Waals surface area contributed by atoms with Crippen molar-refractivity contribution in [1.82, 2.24) is 10.4 Å². The van der Waals surface area contributed by atoms with Crippen molar-refractivity contribution in [2.45, 2.75) is 38.5 Å². The quantitative estimate of drug-likeness (QED) is 0.639. The minimum Gasteiger partial charge on any atom is -0.381 e. The van der Waals surface area contributed by atoms with Crippen LogP contribution in [0.1, 0.15) is 47.2 Å². The molecule has 2 N–H and O–H groups in total. The van der Waals surface area contributed by atoms with Gasteiger partial charge in [-0.3, -0.25) is 14.8 Å². The van der Waals surface area contributed by atoms with Gasteiger partial charge in [-0.05, 0) is 67.7 Å². The molecular weight excluding hydrogens is 332 g/mol. The molecule has 0 unspecified atom stereocenters. The predicted molar refractivity (Wildman–Crippen MR) is 94.9 cm³/mol. The van der Waals surface area contributed by atoms with E-state index in [9.17, 15) is 14.8 Å². The molecule has 3 aliphatic rings. The first-order valence-electron chi connectivity index (χ1n) is 9.56. The molecule has 140 valence electrons. The highest BCUT2D eigenvalue weighted by Crippen LogP contribution is 2.41. The molecule has 6 nitrogen and oxygen atoms in total. The summed E-state index contributed by atoms with van der Waals surface area (Å²) in [4.78, 5) is 24.9. The molecule has 2 saturated heterocycles. The van der Waals surface area contributed by atoms with Gasteiger partial charge in [-0.25, -0.2) is 5.06 Å². The number of hydroxylamine groups is 2. The van der Waals surface area contributed by atoms with Crippen LogP contribution in [0.2, 0.25) is 0 Å². The molecule has 1 spiro atoms. The van der Waals surface area contributed by atoms with E-state index < -0.39 is 0 Å². The summed E-state index contributed by atoms with van der Waals surface area (Å²) in [6.45, 7) is 2.46. The number of carbonyl (C=O) groups excluding carboxylic acids is 2. The first-order valence-corrected chi connectivity index (χ1v) is 9.56. The maximum absolute atomic E-state index is 12.6. The molecule has 1 aromatic rings. The molecule has 2 aliphatic heterocycles. The van der Waals surface area contributed by atoms with E-state index in [0.717, 1.165) is 49.3 Å². The zero-order valence-electron chi connectivity index (χ0n) is 15.0. The van der Waals surface area contributed by atoms with Crippen LogP contribution in [0.4, 0.5) is 0 Å². The standard InChI is InChI=1S/C20H26N2O4/c23-18(22(25)13-14-4-9-26-10-5-14)16-2-1-15-3-6-20(12-17(15)11-16)7-8-21-19(20)24/h1-2,11,14,25H,3-10,12-13H2,(H,21,24)/t20-/m1/s1. The van der Waals surface area contributed by atoms with E-state index in [1.807, 2.05) is 12.1 Å². The number of rotatable bonds is 3. The van der Waals surface area contributed by atoms with E-state index >= 15 is 0 Å². The van der Waals surface area contributed by atoms with E-state index in [1.165, 1.54) is 5.56 Å². The van der Waals surface area contributed by atoms with Crippen molar-refractivity contribution in [2.75, 3.05) is 26.3 Å². The van der Waals surface area contributed by atoms with Crippen LogP contribution in [0.5, 0.6) is 0 Å². The number of carbonyl (C=O) groups is 2. The zero-order chi connectivity index (χ0) is 18.1. The Labute approximate surface area is 153 Å². The summed E-state index contributed by atoms with van der Waals surface area (Å²) < 4.78 is 5.33. The van der Waals surface area contributed by atoms with Gasteiger partial charge in [0.1, 0.15) is 0 Å². The third-order valence-corrected chi connectivity index (χ3v) is 6.23. The molecular formula is C20H26N2O4. The van der Waals surface area contributed by atoms with Crippen molar-refractivity contribution >= 4 is 11.8 Å². The van der Waals surface area contributed by atoms with Crippen molar-refractivity contribution in [3.05, 3.63) is 34.9 Å². The lowest BCUT2D eigenvalue weighted by molar-refractivity contribution is -0.128. The summed E-state index contributed by atoms with van der Waals surface area (Å²) in [6.07, 6.45) is 5.01. The number of hydrogen-bond donors (Lipinski definition) is 2. The topological polar surface area (TPSA) is 78.9 Å². The van der Waals surface area contributed by atoms with Gasteiger partial charge in [0.2, 0.25) is 5.91 Å². The van der Waals surface area contributed by atoms with Gasteiger partial charge >= 0.3 is 0 Å². The first-order chi connectivity index (χ1) is 12.6. The predicted octanol–water partition coefficient (Wildman–Crippen LogP) is 1.94. The molecule has 4 rings (SSSR count). The number of aryl methyl sites for hydroxylation is 1. The summed E-state index contributed by atoms with van der Waals surface area (Å²) in [5, 5.41) is 14.0. The Morgan fingerprint density at radius 2 is 2.08 bits per heavy atom. The number of fused-ring (bicyclic) bond motifs is 1. The number of benzene rings is 1. The number of hydrogen-bond acceptors (Lipinski definition) is 4. The van der Waals surface area contributed by atoms with Crippen molar-refractivity contribution < 1.29 is 19.5 Å². The minimum atomic E-state index is -0.366. The van der Waals surface area contributed by atoms with Crippen LogP contribution in [0.25, 0.3) is 0 Å². The first kappa shape index (κ1) is 17.5. The van der Waals surface area contributed by atoms with Crippen molar-refractivity contribution in [3.8, 4) is 0 Å². The Bertz CT molecular complexity index is 714. The zero-order valence-corrected chi connectivity index (χ0v) is 15.0. The van der Waals surface area contributed by atoms with Crippen molar-refractivity contribution in [2.24, 2.45) is 11.3 Å². The molecule has 6 heteroatoms. The number of amides is 2. The lowest BCUT2D eigenvalue weighted by Gasteiger charge is -2.32. The van der Waals surface area contributed by atoms with E-state index in [4.69, 9.17) is 4.74 Å². The van der Waals surface area contributed by atoms with Crippen LogP contribution >= 0.6 is 0 Å². The van der Waals surface area contributed by atoms with Crippen molar-refractivity contribution in [1.29, 1.82) is 0 Å². The fraction of sp³-hybridized carbons (Fsp3) is 0.600. The van der Waals surface area contributed by atoms with Crippen molar-refractivity contribution in [3.63, 3.8) is 0 Å².